The molecule has 1 unspecified atom stereocenters. The Morgan fingerprint density at radius 3 is 2.82 bits per heavy atom. The molecule has 1 amide bonds. The van der Waals surface area contributed by atoms with Crippen LogP contribution in [0.2, 0.25) is 0 Å². The SMILES string of the molecule is CCc1ccc(N2CC(C(=O)OCc3cc(=O)n4ccsc4n3)CC2=O)cc1. The third kappa shape index (κ3) is 3.55. The second kappa shape index (κ2) is 7.55. The number of hydrogen-bond donors (Lipinski definition) is 0. The highest BCUT2D eigenvalue weighted by atomic mass is 32.1. The predicted molar refractivity (Wildman–Crippen MR) is 105 cm³/mol. The summed E-state index contributed by atoms with van der Waals surface area (Å²) in [6.07, 6.45) is 2.70. The monoisotopic (exact) mass is 397 g/mol. The van der Waals surface area contributed by atoms with Gasteiger partial charge in [-0.25, -0.2) is 4.98 Å². The molecule has 4 rings (SSSR count). The highest BCUT2D eigenvalue weighted by molar-refractivity contribution is 7.15. The van der Waals surface area contributed by atoms with Gasteiger partial charge in [0.2, 0.25) is 5.91 Å². The molecule has 1 aliphatic heterocycles. The number of carbonyl (C=O) groups excluding carboxylic acids is 2. The number of nitrogens with zero attached hydrogens (tertiary/aromatic N) is 3. The summed E-state index contributed by atoms with van der Waals surface area (Å²) in [7, 11) is 0. The zero-order valence-electron chi connectivity index (χ0n) is 15.3. The van der Waals surface area contributed by atoms with Crippen LogP contribution in [0.15, 0.2) is 46.7 Å². The minimum Gasteiger partial charge on any atom is -0.459 e. The van der Waals surface area contributed by atoms with Crippen LogP contribution in [0, 0.1) is 5.92 Å². The Morgan fingerprint density at radius 2 is 2.07 bits per heavy atom. The van der Waals surface area contributed by atoms with Crippen molar-refractivity contribution in [2.75, 3.05) is 11.4 Å². The van der Waals surface area contributed by atoms with Crippen LogP contribution in [0.3, 0.4) is 0 Å². The first kappa shape index (κ1) is 18.4. The molecule has 0 radical (unpaired) electrons. The second-order valence-electron chi connectivity index (χ2n) is 6.67. The van der Waals surface area contributed by atoms with Crippen molar-refractivity contribution in [3.05, 3.63) is 63.5 Å². The van der Waals surface area contributed by atoms with E-state index in [9.17, 15) is 14.4 Å². The first-order chi connectivity index (χ1) is 13.5. The molecule has 28 heavy (non-hydrogen) atoms. The molecule has 1 aliphatic rings. The molecule has 1 aromatic carbocycles. The largest absolute Gasteiger partial charge is 0.459 e. The molecule has 0 saturated carbocycles. The molecule has 3 aromatic rings. The summed E-state index contributed by atoms with van der Waals surface area (Å²) in [5.41, 5.74) is 2.17. The topological polar surface area (TPSA) is 81.0 Å². The fourth-order valence-corrected chi connectivity index (χ4v) is 3.99. The summed E-state index contributed by atoms with van der Waals surface area (Å²) >= 11 is 1.34. The van der Waals surface area contributed by atoms with Crippen LogP contribution in [-0.2, 0) is 27.4 Å². The lowest BCUT2D eigenvalue weighted by Crippen LogP contribution is -2.26. The lowest BCUT2D eigenvalue weighted by atomic mass is 10.1. The van der Waals surface area contributed by atoms with Crippen molar-refractivity contribution in [1.82, 2.24) is 9.38 Å². The van der Waals surface area contributed by atoms with Crippen LogP contribution in [0.25, 0.3) is 4.96 Å². The summed E-state index contributed by atoms with van der Waals surface area (Å²) in [5, 5.41) is 1.77. The van der Waals surface area contributed by atoms with Gasteiger partial charge in [0, 0.05) is 36.3 Å². The number of aryl methyl sites for hydroxylation is 1. The second-order valence-corrected chi connectivity index (χ2v) is 7.55. The molecule has 0 bridgehead atoms. The number of amides is 1. The number of benzene rings is 1. The number of ether oxygens (including phenoxy) is 1. The van der Waals surface area contributed by atoms with E-state index >= 15 is 0 Å². The van der Waals surface area contributed by atoms with Crippen molar-refractivity contribution in [2.24, 2.45) is 5.92 Å². The van der Waals surface area contributed by atoms with E-state index in [1.54, 1.807) is 16.5 Å². The summed E-state index contributed by atoms with van der Waals surface area (Å²) in [4.78, 5) is 43.2. The summed E-state index contributed by atoms with van der Waals surface area (Å²) in [6, 6.07) is 9.13. The van der Waals surface area contributed by atoms with Crippen molar-refractivity contribution in [3.8, 4) is 0 Å². The molecule has 144 valence electrons. The Balaban J connectivity index is 1.40. The number of hydrogen-bond acceptors (Lipinski definition) is 6. The molecule has 1 saturated heterocycles. The van der Waals surface area contributed by atoms with Gasteiger partial charge in [-0.1, -0.05) is 19.1 Å². The van der Waals surface area contributed by atoms with Crippen LogP contribution in [0.5, 0.6) is 0 Å². The highest BCUT2D eigenvalue weighted by Crippen LogP contribution is 2.26. The zero-order chi connectivity index (χ0) is 19.7. The summed E-state index contributed by atoms with van der Waals surface area (Å²) in [5.74, 6) is -1.07. The van der Waals surface area contributed by atoms with Crippen molar-refractivity contribution in [2.45, 2.75) is 26.4 Å². The normalized spacial score (nSPS) is 16.7. The maximum atomic E-state index is 12.4. The minimum absolute atomic E-state index is 0.0850. The van der Waals surface area contributed by atoms with E-state index in [0.29, 0.717) is 17.2 Å². The Kier molecular flexibility index (Phi) is 4.95. The molecule has 0 N–H and O–H groups in total. The van der Waals surface area contributed by atoms with Crippen molar-refractivity contribution < 1.29 is 14.3 Å². The third-order valence-electron chi connectivity index (χ3n) is 4.83. The average Bonchev–Trinajstić information content (AvgIpc) is 3.33. The van der Waals surface area contributed by atoms with Gasteiger partial charge in [0.05, 0.1) is 11.6 Å². The Bertz CT molecular complexity index is 1090. The van der Waals surface area contributed by atoms with Gasteiger partial charge in [0.15, 0.2) is 4.96 Å². The van der Waals surface area contributed by atoms with Crippen LogP contribution < -0.4 is 10.5 Å². The molecule has 2 aromatic heterocycles. The molecule has 3 heterocycles. The summed E-state index contributed by atoms with van der Waals surface area (Å²) in [6.45, 7) is 2.28. The number of carbonyl (C=O) groups is 2. The first-order valence-electron chi connectivity index (χ1n) is 9.07. The molecule has 0 spiro atoms. The fourth-order valence-electron chi connectivity index (χ4n) is 3.25. The van der Waals surface area contributed by atoms with Crippen LogP contribution >= 0.6 is 11.3 Å². The van der Waals surface area contributed by atoms with Crippen LogP contribution in [0.4, 0.5) is 5.69 Å². The zero-order valence-corrected chi connectivity index (χ0v) is 16.1. The lowest BCUT2D eigenvalue weighted by molar-refractivity contribution is -0.149. The number of rotatable bonds is 5. The molecule has 0 aliphatic carbocycles. The molecule has 8 heteroatoms. The highest BCUT2D eigenvalue weighted by Gasteiger charge is 2.36. The number of thiazole rings is 1. The van der Waals surface area contributed by atoms with E-state index in [1.807, 2.05) is 24.3 Å². The van der Waals surface area contributed by atoms with Crippen molar-refractivity contribution in [1.29, 1.82) is 0 Å². The van der Waals surface area contributed by atoms with Gasteiger partial charge in [-0.05, 0) is 24.1 Å². The Hall–Kier alpha value is -3.00. The van der Waals surface area contributed by atoms with E-state index in [-0.39, 0.29) is 24.5 Å². The van der Waals surface area contributed by atoms with Crippen LogP contribution in [-0.4, -0.2) is 27.8 Å². The smallest absolute Gasteiger partial charge is 0.311 e. The number of fused-ring (bicyclic) bond motifs is 1. The van der Waals surface area contributed by atoms with Gasteiger partial charge in [0.25, 0.3) is 5.56 Å². The molecule has 1 atom stereocenters. The standard InChI is InChI=1S/C20H19N3O4S/c1-2-13-3-5-16(6-4-13)23-11-14(9-17(23)24)19(26)27-12-15-10-18(25)22-7-8-28-20(22)21-15/h3-8,10,14H,2,9,11-12H2,1H3. The first-order valence-corrected chi connectivity index (χ1v) is 9.95. The summed E-state index contributed by atoms with van der Waals surface area (Å²) < 4.78 is 6.78. The number of anilines is 1. The van der Waals surface area contributed by atoms with E-state index in [1.165, 1.54) is 27.4 Å². The maximum absolute atomic E-state index is 12.4. The Labute approximate surface area is 165 Å². The van der Waals surface area contributed by atoms with Gasteiger partial charge < -0.3 is 9.64 Å². The molecule has 7 nitrogen and oxygen atoms in total. The lowest BCUT2D eigenvalue weighted by Gasteiger charge is -2.17. The van der Waals surface area contributed by atoms with Crippen molar-refractivity contribution >= 4 is 33.9 Å². The van der Waals surface area contributed by atoms with E-state index in [2.05, 4.69) is 11.9 Å². The molecule has 1 fully saturated rings. The fraction of sp³-hybridized carbons (Fsp3) is 0.300. The van der Waals surface area contributed by atoms with Gasteiger partial charge in [-0.3, -0.25) is 18.8 Å². The molecular weight excluding hydrogens is 378 g/mol. The van der Waals surface area contributed by atoms with Gasteiger partial charge in [0.1, 0.15) is 6.61 Å². The van der Waals surface area contributed by atoms with E-state index in [0.717, 1.165) is 12.1 Å². The Morgan fingerprint density at radius 1 is 1.29 bits per heavy atom. The number of aromatic nitrogens is 2. The van der Waals surface area contributed by atoms with Crippen LogP contribution in [0.1, 0.15) is 24.6 Å². The van der Waals surface area contributed by atoms with E-state index in [4.69, 9.17) is 4.74 Å². The minimum atomic E-state index is -0.523. The third-order valence-corrected chi connectivity index (χ3v) is 5.59. The van der Waals surface area contributed by atoms with E-state index < -0.39 is 11.9 Å². The maximum Gasteiger partial charge on any atom is 0.311 e. The quantitative estimate of drug-likeness (QED) is 0.618. The number of esters is 1. The average molecular weight is 397 g/mol. The van der Waals surface area contributed by atoms with Gasteiger partial charge >= 0.3 is 5.97 Å². The van der Waals surface area contributed by atoms with Gasteiger partial charge in [-0.2, -0.15) is 0 Å². The van der Waals surface area contributed by atoms with Crippen molar-refractivity contribution in [3.63, 3.8) is 0 Å². The molecular formula is C20H19N3O4S. The van der Waals surface area contributed by atoms with Gasteiger partial charge in [-0.15, -0.1) is 11.3 Å². The predicted octanol–water partition coefficient (Wildman–Crippen LogP) is 2.41.